The van der Waals surface area contributed by atoms with Crippen LogP contribution in [0.25, 0.3) is 0 Å². The summed E-state index contributed by atoms with van der Waals surface area (Å²) < 4.78 is 0. The molecule has 4 heteroatoms. The Balaban J connectivity index is 0. The Morgan fingerprint density at radius 1 is 1.00 bits per heavy atom. The minimum atomic E-state index is -0.312. The van der Waals surface area contributed by atoms with Gasteiger partial charge in [0.15, 0.2) is 0 Å². The Morgan fingerprint density at radius 2 is 1.33 bits per heavy atom. The molecular formula is C8H18N2O2. The molecule has 0 bridgehead atoms. The first kappa shape index (κ1) is 13.7. The zero-order valence-electron chi connectivity index (χ0n) is 8.23. The standard InChI is InChI=1S/C4H7NO2.C4H11N/c1-3(6)5-4(2)7;1-3-5-4-2/h1-2H3,(H,5,6,7);5H,3-4H2,1-2H3. The van der Waals surface area contributed by atoms with Crippen molar-refractivity contribution in [3.8, 4) is 0 Å². The largest absolute Gasteiger partial charge is 0.317 e. The zero-order valence-corrected chi connectivity index (χ0v) is 8.23. The smallest absolute Gasteiger partial charge is 0.223 e. The fourth-order valence-corrected chi connectivity index (χ4v) is 0.498. The molecule has 12 heavy (non-hydrogen) atoms. The first-order valence-electron chi connectivity index (χ1n) is 4.03. The Hall–Kier alpha value is -0.900. The molecule has 0 aliphatic heterocycles. The molecule has 0 aliphatic rings. The third-order valence-electron chi connectivity index (χ3n) is 0.852. The van der Waals surface area contributed by atoms with Gasteiger partial charge in [-0.1, -0.05) is 13.8 Å². The van der Waals surface area contributed by atoms with Crippen LogP contribution in [0, 0.1) is 0 Å². The summed E-state index contributed by atoms with van der Waals surface area (Å²) in [6.07, 6.45) is 0. The van der Waals surface area contributed by atoms with Gasteiger partial charge in [-0.3, -0.25) is 14.9 Å². The highest BCUT2D eigenvalue weighted by molar-refractivity contribution is 5.92. The minimum Gasteiger partial charge on any atom is -0.317 e. The average molecular weight is 174 g/mol. The van der Waals surface area contributed by atoms with Gasteiger partial charge in [-0.2, -0.15) is 0 Å². The van der Waals surface area contributed by atoms with Crippen LogP contribution in [0.15, 0.2) is 0 Å². The van der Waals surface area contributed by atoms with E-state index in [2.05, 4.69) is 19.2 Å². The lowest BCUT2D eigenvalue weighted by molar-refractivity contribution is -0.127. The summed E-state index contributed by atoms with van der Waals surface area (Å²) in [7, 11) is 0. The molecule has 72 valence electrons. The SMILES string of the molecule is CC(=O)NC(C)=O.CCNCC. The first-order valence-corrected chi connectivity index (χ1v) is 4.03. The summed E-state index contributed by atoms with van der Waals surface area (Å²) in [6, 6.07) is 0. The second-order valence-electron chi connectivity index (χ2n) is 2.19. The Bertz CT molecular complexity index is 121. The van der Waals surface area contributed by atoms with Crippen LogP contribution in [0.3, 0.4) is 0 Å². The van der Waals surface area contributed by atoms with Crippen molar-refractivity contribution < 1.29 is 9.59 Å². The van der Waals surface area contributed by atoms with Crippen molar-refractivity contribution in [2.24, 2.45) is 0 Å². The fraction of sp³-hybridized carbons (Fsp3) is 0.750. The maximum absolute atomic E-state index is 9.92. The zero-order chi connectivity index (χ0) is 9.98. The number of rotatable bonds is 2. The lowest BCUT2D eigenvalue weighted by atomic mass is 10.6. The van der Waals surface area contributed by atoms with Crippen molar-refractivity contribution in [1.82, 2.24) is 10.6 Å². The normalized spacial score (nSPS) is 8.00. The van der Waals surface area contributed by atoms with Crippen molar-refractivity contribution in [3.05, 3.63) is 0 Å². The Kier molecular flexibility index (Phi) is 11.5. The fourth-order valence-electron chi connectivity index (χ4n) is 0.498. The molecule has 0 fully saturated rings. The van der Waals surface area contributed by atoms with Crippen LogP contribution in [-0.4, -0.2) is 24.9 Å². The second kappa shape index (κ2) is 10.1. The van der Waals surface area contributed by atoms with E-state index in [9.17, 15) is 9.59 Å². The van der Waals surface area contributed by atoms with Gasteiger partial charge in [0.25, 0.3) is 0 Å². The van der Waals surface area contributed by atoms with Gasteiger partial charge >= 0.3 is 0 Å². The minimum absolute atomic E-state index is 0.312. The highest BCUT2D eigenvalue weighted by Crippen LogP contribution is 1.58. The van der Waals surface area contributed by atoms with E-state index >= 15 is 0 Å². The average Bonchev–Trinajstić information content (AvgIpc) is 1.87. The van der Waals surface area contributed by atoms with Gasteiger partial charge in [-0.15, -0.1) is 0 Å². The third-order valence-corrected chi connectivity index (χ3v) is 0.852. The number of carbonyl (C=O) groups excluding carboxylic acids is 2. The lowest BCUT2D eigenvalue weighted by Crippen LogP contribution is -2.24. The van der Waals surface area contributed by atoms with E-state index < -0.39 is 0 Å². The van der Waals surface area contributed by atoms with Crippen LogP contribution < -0.4 is 10.6 Å². The van der Waals surface area contributed by atoms with E-state index in [0.29, 0.717) is 0 Å². The van der Waals surface area contributed by atoms with Gasteiger partial charge in [0.2, 0.25) is 11.8 Å². The predicted molar refractivity (Wildman–Crippen MR) is 48.7 cm³/mol. The quantitative estimate of drug-likeness (QED) is 0.632. The summed E-state index contributed by atoms with van der Waals surface area (Å²) in [4.78, 5) is 19.8. The molecule has 2 N–H and O–H groups in total. The van der Waals surface area contributed by atoms with Gasteiger partial charge in [-0.25, -0.2) is 0 Å². The summed E-state index contributed by atoms with van der Waals surface area (Å²) in [5.74, 6) is -0.625. The number of amides is 2. The van der Waals surface area contributed by atoms with Crippen LogP contribution in [0.5, 0.6) is 0 Å². The third kappa shape index (κ3) is 23.0. The van der Waals surface area contributed by atoms with Gasteiger partial charge < -0.3 is 5.32 Å². The highest BCUT2D eigenvalue weighted by atomic mass is 16.2. The molecule has 0 rings (SSSR count). The molecule has 0 aromatic heterocycles. The molecule has 0 unspecified atom stereocenters. The van der Waals surface area contributed by atoms with E-state index in [1.165, 1.54) is 13.8 Å². The summed E-state index contributed by atoms with van der Waals surface area (Å²) in [5, 5.41) is 5.14. The number of nitrogens with one attached hydrogen (secondary N) is 2. The molecule has 0 heterocycles. The van der Waals surface area contributed by atoms with Crippen LogP contribution in [0.2, 0.25) is 0 Å². The van der Waals surface area contributed by atoms with Gasteiger partial charge in [0.05, 0.1) is 0 Å². The van der Waals surface area contributed by atoms with Crippen molar-refractivity contribution in [2.75, 3.05) is 13.1 Å². The van der Waals surface area contributed by atoms with Crippen molar-refractivity contribution in [3.63, 3.8) is 0 Å². The van der Waals surface area contributed by atoms with Crippen molar-refractivity contribution in [2.45, 2.75) is 27.7 Å². The van der Waals surface area contributed by atoms with E-state index in [1.807, 2.05) is 5.32 Å². The first-order chi connectivity index (χ1) is 5.54. The van der Waals surface area contributed by atoms with Crippen LogP contribution in [-0.2, 0) is 9.59 Å². The molecule has 0 atom stereocenters. The van der Waals surface area contributed by atoms with Crippen LogP contribution >= 0.6 is 0 Å². The van der Waals surface area contributed by atoms with Crippen LogP contribution in [0.1, 0.15) is 27.7 Å². The molecule has 0 saturated heterocycles. The number of hydrogen-bond acceptors (Lipinski definition) is 3. The van der Waals surface area contributed by atoms with E-state index in [-0.39, 0.29) is 11.8 Å². The number of imide groups is 1. The molecule has 2 amide bonds. The van der Waals surface area contributed by atoms with Crippen molar-refractivity contribution in [1.29, 1.82) is 0 Å². The second-order valence-corrected chi connectivity index (χ2v) is 2.19. The Morgan fingerprint density at radius 3 is 1.33 bits per heavy atom. The topological polar surface area (TPSA) is 58.2 Å². The summed E-state index contributed by atoms with van der Waals surface area (Å²) in [5.41, 5.74) is 0. The maximum atomic E-state index is 9.92. The van der Waals surface area contributed by atoms with Gasteiger partial charge in [0, 0.05) is 13.8 Å². The molecule has 0 aromatic rings. The predicted octanol–water partition coefficient (Wildman–Crippen LogP) is 0.285. The number of carbonyl (C=O) groups is 2. The maximum Gasteiger partial charge on any atom is 0.223 e. The molecule has 4 nitrogen and oxygen atoms in total. The Labute approximate surface area is 73.7 Å². The summed E-state index contributed by atoms with van der Waals surface area (Å²) in [6.45, 7) is 8.98. The molecule has 0 aliphatic carbocycles. The molecule has 0 spiro atoms. The molecule has 0 saturated carbocycles. The molecule has 0 radical (unpaired) electrons. The van der Waals surface area contributed by atoms with Gasteiger partial charge in [-0.05, 0) is 13.1 Å². The molecular weight excluding hydrogens is 156 g/mol. The van der Waals surface area contributed by atoms with Gasteiger partial charge in [0.1, 0.15) is 0 Å². The van der Waals surface area contributed by atoms with Crippen LogP contribution in [0.4, 0.5) is 0 Å². The highest BCUT2D eigenvalue weighted by Gasteiger charge is 1.90. The monoisotopic (exact) mass is 174 g/mol. The van der Waals surface area contributed by atoms with E-state index in [4.69, 9.17) is 0 Å². The molecule has 0 aromatic carbocycles. The van der Waals surface area contributed by atoms with E-state index in [0.717, 1.165) is 13.1 Å². The van der Waals surface area contributed by atoms with Crippen molar-refractivity contribution >= 4 is 11.8 Å². The lowest BCUT2D eigenvalue weighted by Gasteiger charge is -1.88. The summed E-state index contributed by atoms with van der Waals surface area (Å²) >= 11 is 0. The number of hydrogen-bond donors (Lipinski definition) is 2. The van der Waals surface area contributed by atoms with E-state index in [1.54, 1.807) is 0 Å².